The molecule has 0 bridgehead atoms. The van der Waals surface area contributed by atoms with E-state index in [-0.39, 0.29) is 17.9 Å². The van der Waals surface area contributed by atoms with Gasteiger partial charge < -0.3 is 25.4 Å². The second-order valence-corrected chi connectivity index (χ2v) is 5.43. The Morgan fingerprint density at radius 1 is 1.30 bits per heavy atom. The van der Waals surface area contributed by atoms with Gasteiger partial charge in [-0.1, -0.05) is 0 Å². The summed E-state index contributed by atoms with van der Waals surface area (Å²) < 4.78 is 10.4. The number of likely N-dealkylation sites (N-methyl/N-ethyl adjacent to an activating group) is 1. The Morgan fingerprint density at radius 2 is 2.00 bits per heavy atom. The van der Waals surface area contributed by atoms with E-state index in [9.17, 15) is 9.59 Å². The van der Waals surface area contributed by atoms with Gasteiger partial charge in [-0.05, 0) is 31.5 Å². The van der Waals surface area contributed by atoms with Gasteiger partial charge in [-0.25, -0.2) is 0 Å². The Balaban J connectivity index is 2.25. The molecule has 1 fully saturated rings. The fourth-order valence-electron chi connectivity index (χ4n) is 2.77. The van der Waals surface area contributed by atoms with Gasteiger partial charge in [0.2, 0.25) is 5.91 Å². The first kappa shape index (κ1) is 17.1. The summed E-state index contributed by atoms with van der Waals surface area (Å²) in [5.41, 5.74) is 6.38. The molecule has 0 aliphatic carbocycles. The summed E-state index contributed by atoms with van der Waals surface area (Å²) in [7, 11) is 3.04. The monoisotopic (exact) mass is 321 g/mol. The van der Waals surface area contributed by atoms with Crippen molar-refractivity contribution in [3.63, 3.8) is 0 Å². The van der Waals surface area contributed by atoms with Crippen LogP contribution in [-0.2, 0) is 4.79 Å². The number of benzene rings is 1. The highest BCUT2D eigenvalue weighted by molar-refractivity contribution is 5.98. The molecular weight excluding hydrogens is 298 g/mol. The minimum absolute atomic E-state index is 0.172. The summed E-state index contributed by atoms with van der Waals surface area (Å²) in [6, 6.07) is 4.20. The number of nitrogens with zero attached hydrogens (tertiary/aromatic N) is 1. The lowest BCUT2D eigenvalue weighted by Gasteiger charge is -2.24. The van der Waals surface area contributed by atoms with Crippen LogP contribution in [0.1, 0.15) is 23.7 Å². The molecule has 2 amide bonds. The first-order valence-corrected chi connectivity index (χ1v) is 7.58. The lowest BCUT2D eigenvalue weighted by molar-refractivity contribution is -0.124. The van der Waals surface area contributed by atoms with Crippen molar-refractivity contribution in [3.05, 3.63) is 23.8 Å². The number of ether oxygens (including phenoxy) is 2. The smallest absolute Gasteiger partial charge is 0.254 e. The van der Waals surface area contributed by atoms with Crippen LogP contribution in [0.2, 0.25) is 0 Å². The molecule has 2 atom stereocenters. The molecule has 1 heterocycles. The Morgan fingerprint density at radius 3 is 2.61 bits per heavy atom. The number of amides is 2. The van der Waals surface area contributed by atoms with Crippen molar-refractivity contribution in [2.45, 2.75) is 25.4 Å². The van der Waals surface area contributed by atoms with Gasteiger partial charge in [0.1, 0.15) is 6.04 Å². The largest absolute Gasteiger partial charge is 0.493 e. The summed E-state index contributed by atoms with van der Waals surface area (Å²) in [6.45, 7) is 2.71. The highest BCUT2D eigenvalue weighted by Crippen LogP contribution is 2.29. The first-order chi connectivity index (χ1) is 11.0. The maximum atomic E-state index is 12.8. The van der Waals surface area contributed by atoms with Crippen LogP contribution < -0.4 is 20.5 Å². The van der Waals surface area contributed by atoms with Gasteiger partial charge in [-0.3, -0.25) is 9.59 Å². The second kappa shape index (κ2) is 7.32. The summed E-state index contributed by atoms with van der Waals surface area (Å²) in [5, 5.41) is 2.75. The van der Waals surface area contributed by atoms with E-state index < -0.39 is 6.04 Å². The fourth-order valence-corrected chi connectivity index (χ4v) is 2.77. The molecule has 1 aliphatic heterocycles. The van der Waals surface area contributed by atoms with Crippen molar-refractivity contribution in [3.8, 4) is 11.5 Å². The second-order valence-electron chi connectivity index (χ2n) is 5.43. The van der Waals surface area contributed by atoms with Crippen LogP contribution in [0.25, 0.3) is 0 Å². The van der Waals surface area contributed by atoms with E-state index in [1.54, 1.807) is 18.2 Å². The van der Waals surface area contributed by atoms with Gasteiger partial charge in [0, 0.05) is 24.7 Å². The lowest BCUT2D eigenvalue weighted by Crippen LogP contribution is -2.45. The topological polar surface area (TPSA) is 93.9 Å². The molecule has 0 spiro atoms. The molecule has 0 aromatic heterocycles. The number of likely N-dealkylation sites (tertiary alicyclic amines) is 1. The molecule has 2 rings (SSSR count). The van der Waals surface area contributed by atoms with Crippen molar-refractivity contribution in [2.24, 2.45) is 5.73 Å². The van der Waals surface area contributed by atoms with Crippen LogP contribution in [0, 0.1) is 0 Å². The van der Waals surface area contributed by atoms with Crippen molar-refractivity contribution in [1.82, 2.24) is 10.2 Å². The van der Waals surface area contributed by atoms with Gasteiger partial charge in [0.25, 0.3) is 5.91 Å². The maximum Gasteiger partial charge on any atom is 0.254 e. The molecular formula is C16H23N3O4. The highest BCUT2D eigenvalue weighted by Gasteiger charge is 2.38. The molecule has 1 aromatic carbocycles. The van der Waals surface area contributed by atoms with E-state index in [1.165, 1.54) is 19.1 Å². The quantitative estimate of drug-likeness (QED) is 0.818. The number of nitrogens with two attached hydrogens (primary N) is 1. The number of hydrogen-bond acceptors (Lipinski definition) is 5. The number of rotatable bonds is 5. The standard InChI is InChI=1S/C16H23N3O4/c1-4-18-15(20)12-8-11(17)9-19(12)16(21)10-5-6-13(22-2)14(7-10)23-3/h5-7,11-12H,4,8-9,17H2,1-3H3,(H,18,20)/t11-,12-/m0/s1. The minimum Gasteiger partial charge on any atom is -0.493 e. The van der Waals surface area contributed by atoms with Crippen LogP contribution in [-0.4, -0.2) is 56.1 Å². The average Bonchev–Trinajstić information content (AvgIpc) is 2.95. The molecule has 0 saturated carbocycles. The Labute approximate surface area is 135 Å². The van der Waals surface area contributed by atoms with Gasteiger partial charge in [-0.15, -0.1) is 0 Å². The molecule has 7 heteroatoms. The molecule has 0 unspecified atom stereocenters. The van der Waals surface area contributed by atoms with Crippen molar-refractivity contribution >= 4 is 11.8 Å². The molecule has 7 nitrogen and oxygen atoms in total. The third kappa shape index (κ3) is 3.56. The van der Waals surface area contributed by atoms with Gasteiger partial charge in [0.15, 0.2) is 11.5 Å². The lowest BCUT2D eigenvalue weighted by atomic mass is 10.1. The maximum absolute atomic E-state index is 12.8. The number of hydrogen-bond donors (Lipinski definition) is 2. The normalized spacial score (nSPS) is 20.3. The summed E-state index contributed by atoms with van der Waals surface area (Å²) in [5.74, 6) is 0.600. The van der Waals surface area contributed by atoms with E-state index >= 15 is 0 Å². The van der Waals surface area contributed by atoms with Gasteiger partial charge >= 0.3 is 0 Å². The zero-order chi connectivity index (χ0) is 17.0. The van der Waals surface area contributed by atoms with Crippen molar-refractivity contribution in [2.75, 3.05) is 27.3 Å². The number of nitrogens with one attached hydrogen (secondary N) is 1. The Kier molecular flexibility index (Phi) is 5.44. The molecule has 0 radical (unpaired) electrons. The van der Waals surface area contributed by atoms with Crippen molar-refractivity contribution < 1.29 is 19.1 Å². The van der Waals surface area contributed by atoms with Crippen LogP contribution in [0.3, 0.4) is 0 Å². The third-order valence-corrected chi connectivity index (χ3v) is 3.88. The number of carbonyl (C=O) groups is 2. The molecule has 126 valence electrons. The van der Waals surface area contributed by atoms with Gasteiger partial charge in [0.05, 0.1) is 14.2 Å². The van der Waals surface area contributed by atoms with E-state index in [1.807, 2.05) is 6.92 Å². The SMILES string of the molecule is CCNC(=O)[C@@H]1C[C@H](N)CN1C(=O)c1ccc(OC)c(OC)c1. The van der Waals surface area contributed by atoms with Gasteiger partial charge in [-0.2, -0.15) is 0 Å². The predicted octanol–water partition coefficient (Wildman–Crippen LogP) is 0.382. The zero-order valence-corrected chi connectivity index (χ0v) is 13.7. The van der Waals surface area contributed by atoms with Crippen LogP contribution >= 0.6 is 0 Å². The van der Waals surface area contributed by atoms with Crippen LogP contribution in [0.4, 0.5) is 0 Å². The predicted molar refractivity (Wildman–Crippen MR) is 85.6 cm³/mol. The van der Waals surface area contributed by atoms with E-state index in [0.29, 0.717) is 36.6 Å². The number of carbonyl (C=O) groups excluding carboxylic acids is 2. The summed E-state index contributed by atoms with van der Waals surface area (Å²) in [4.78, 5) is 26.5. The third-order valence-electron chi connectivity index (χ3n) is 3.88. The van der Waals surface area contributed by atoms with Crippen LogP contribution in [0.15, 0.2) is 18.2 Å². The molecule has 1 aromatic rings. The molecule has 1 saturated heterocycles. The molecule has 23 heavy (non-hydrogen) atoms. The van der Waals surface area contributed by atoms with E-state index in [4.69, 9.17) is 15.2 Å². The van der Waals surface area contributed by atoms with Crippen molar-refractivity contribution in [1.29, 1.82) is 0 Å². The van der Waals surface area contributed by atoms with Crippen LogP contribution in [0.5, 0.6) is 11.5 Å². The highest BCUT2D eigenvalue weighted by atomic mass is 16.5. The Hall–Kier alpha value is -2.28. The Bertz CT molecular complexity index is 591. The first-order valence-electron chi connectivity index (χ1n) is 7.58. The molecule has 3 N–H and O–H groups in total. The van der Waals surface area contributed by atoms with E-state index in [2.05, 4.69) is 5.32 Å². The average molecular weight is 321 g/mol. The number of methoxy groups -OCH3 is 2. The van der Waals surface area contributed by atoms with E-state index in [0.717, 1.165) is 0 Å². The molecule has 1 aliphatic rings. The minimum atomic E-state index is -0.537. The zero-order valence-electron chi connectivity index (χ0n) is 13.7. The summed E-state index contributed by atoms with van der Waals surface area (Å²) >= 11 is 0. The summed E-state index contributed by atoms with van der Waals surface area (Å²) in [6.07, 6.45) is 0.463. The fraction of sp³-hybridized carbons (Fsp3) is 0.500.